The second-order valence-corrected chi connectivity index (χ2v) is 7.74. The topological polar surface area (TPSA) is 81.3 Å². The smallest absolute Gasteiger partial charge is 0.260 e. The van der Waals surface area contributed by atoms with Gasteiger partial charge in [-0.25, -0.2) is 9.97 Å². The average molecular weight is 402 g/mol. The van der Waals surface area contributed by atoms with Crippen LogP contribution in [0.15, 0.2) is 60.0 Å². The third kappa shape index (κ3) is 3.00. The van der Waals surface area contributed by atoms with E-state index >= 15 is 0 Å². The van der Waals surface area contributed by atoms with Crippen LogP contribution in [-0.4, -0.2) is 28.5 Å². The van der Waals surface area contributed by atoms with Crippen molar-refractivity contribution in [2.75, 3.05) is 11.4 Å². The first-order valence-electron chi connectivity index (χ1n) is 9.25. The van der Waals surface area contributed by atoms with E-state index in [2.05, 4.69) is 22.5 Å². The van der Waals surface area contributed by atoms with E-state index in [1.807, 2.05) is 54.3 Å². The summed E-state index contributed by atoms with van der Waals surface area (Å²) < 4.78 is 5.83. The Labute approximate surface area is 171 Å². The van der Waals surface area contributed by atoms with Gasteiger partial charge in [-0.15, -0.1) is 11.3 Å². The van der Waals surface area contributed by atoms with Gasteiger partial charge in [0.25, 0.3) is 5.91 Å². The minimum Gasteiger partial charge on any atom is -0.477 e. The number of thiophene rings is 1. The average Bonchev–Trinajstić information content (AvgIpc) is 3.16. The maximum atomic E-state index is 11.9. The van der Waals surface area contributed by atoms with Crippen molar-refractivity contribution in [2.24, 2.45) is 5.73 Å². The summed E-state index contributed by atoms with van der Waals surface area (Å²) in [6, 6.07) is 17.8. The predicted molar refractivity (Wildman–Crippen MR) is 115 cm³/mol. The number of amides is 1. The molecule has 5 rings (SSSR count). The second kappa shape index (κ2) is 6.86. The molecule has 0 aliphatic carbocycles. The Kier molecular flexibility index (Phi) is 4.17. The number of primary amides is 1. The SMILES string of the molecule is Cc1nc(N2C[C@H](C(N)=O)Oc3ccccc32)c2c(-c3ccccc3)csc2n1. The number of aromatic nitrogens is 2. The van der Waals surface area contributed by atoms with Crippen LogP contribution in [-0.2, 0) is 4.79 Å². The van der Waals surface area contributed by atoms with Crippen molar-refractivity contribution in [3.05, 3.63) is 65.8 Å². The van der Waals surface area contributed by atoms with Crippen LogP contribution in [0.3, 0.4) is 0 Å². The molecule has 0 saturated carbocycles. The van der Waals surface area contributed by atoms with Gasteiger partial charge in [-0.05, 0) is 24.6 Å². The first-order valence-corrected chi connectivity index (χ1v) is 10.1. The fourth-order valence-corrected chi connectivity index (χ4v) is 4.62. The Hall–Kier alpha value is -3.45. The van der Waals surface area contributed by atoms with E-state index < -0.39 is 12.0 Å². The lowest BCUT2D eigenvalue weighted by Gasteiger charge is -2.34. The van der Waals surface area contributed by atoms with Crippen LogP contribution in [0.2, 0.25) is 0 Å². The molecular weight excluding hydrogens is 384 g/mol. The molecule has 0 spiro atoms. The molecule has 0 saturated heterocycles. The van der Waals surface area contributed by atoms with Crippen LogP contribution in [0.25, 0.3) is 21.3 Å². The molecule has 1 aliphatic heterocycles. The van der Waals surface area contributed by atoms with Crippen molar-refractivity contribution in [1.82, 2.24) is 9.97 Å². The molecule has 0 unspecified atom stereocenters. The lowest BCUT2D eigenvalue weighted by molar-refractivity contribution is -0.124. The van der Waals surface area contributed by atoms with Crippen LogP contribution in [0, 0.1) is 6.92 Å². The van der Waals surface area contributed by atoms with Crippen LogP contribution < -0.4 is 15.4 Å². The van der Waals surface area contributed by atoms with Gasteiger partial charge in [0.05, 0.1) is 17.6 Å². The van der Waals surface area contributed by atoms with E-state index in [0.717, 1.165) is 32.8 Å². The van der Waals surface area contributed by atoms with E-state index in [0.29, 0.717) is 18.1 Å². The molecule has 0 radical (unpaired) electrons. The summed E-state index contributed by atoms with van der Waals surface area (Å²) in [5, 5.41) is 3.07. The fraction of sp³-hybridized carbons (Fsp3) is 0.136. The lowest BCUT2D eigenvalue weighted by Crippen LogP contribution is -2.45. The Balaban J connectivity index is 1.76. The van der Waals surface area contributed by atoms with E-state index in [1.165, 1.54) is 0 Å². The van der Waals surface area contributed by atoms with E-state index in [-0.39, 0.29) is 0 Å². The monoisotopic (exact) mass is 402 g/mol. The highest BCUT2D eigenvalue weighted by Gasteiger charge is 2.32. The molecule has 1 amide bonds. The van der Waals surface area contributed by atoms with E-state index in [4.69, 9.17) is 15.5 Å². The Morgan fingerprint density at radius 1 is 1.14 bits per heavy atom. The Morgan fingerprint density at radius 3 is 2.69 bits per heavy atom. The number of fused-ring (bicyclic) bond motifs is 2. The molecule has 0 fully saturated rings. The zero-order valence-electron chi connectivity index (χ0n) is 15.7. The number of benzene rings is 2. The number of anilines is 2. The minimum atomic E-state index is -0.756. The highest BCUT2D eigenvalue weighted by atomic mass is 32.1. The van der Waals surface area contributed by atoms with Crippen LogP contribution >= 0.6 is 11.3 Å². The summed E-state index contributed by atoms with van der Waals surface area (Å²) in [5.74, 6) is 1.55. The predicted octanol–water partition coefficient (Wildman–Crippen LogP) is 4.05. The molecule has 3 heterocycles. The van der Waals surface area contributed by atoms with Gasteiger partial charge in [0.15, 0.2) is 6.10 Å². The summed E-state index contributed by atoms with van der Waals surface area (Å²) in [6.45, 7) is 2.17. The van der Waals surface area contributed by atoms with E-state index in [9.17, 15) is 4.79 Å². The number of nitrogens with zero attached hydrogens (tertiary/aromatic N) is 3. The molecule has 1 atom stereocenters. The summed E-state index contributed by atoms with van der Waals surface area (Å²) in [4.78, 5) is 24.3. The minimum absolute atomic E-state index is 0.294. The van der Waals surface area contributed by atoms with Crippen molar-refractivity contribution in [1.29, 1.82) is 0 Å². The normalized spacial score (nSPS) is 15.8. The van der Waals surface area contributed by atoms with Gasteiger partial charge >= 0.3 is 0 Å². The second-order valence-electron chi connectivity index (χ2n) is 6.88. The van der Waals surface area contributed by atoms with Crippen LogP contribution in [0.1, 0.15) is 5.82 Å². The zero-order chi connectivity index (χ0) is 20.0. The molecule has 7 heteroatoms. The van der Waals surface area contributed by atoms with Crippen LogP contribution in [0.5, 0.6) is 5.75 Å². The standard InChI is InChI=1S/C22H18N4O2S/c1-13-24-21(19-15(12-29-22(19)25-13)14-7-3-2-4-8-14)26-11-18(20(23)27)28-17-10-6-5-9-16(17)26/h2-10,12,18H,11H2,1H3,(H2,23,27)/t18-/m1/s1. The number of aryl methyl sites for hydroxylation is 1. The first-order chi connectivity index (χ1) is 14.1. The van der Waals surface area contributed by atoms with E-state index in [1.54, 1.807) is 11.3 Å². The molecule has 0 bridgehead atoms. The van der Waals surface area contributed by atoms with Crippen molar-refractivity contribution in [3.8, 4) is 16.9 Å². The molecule has 2 aromatic carbocycles. The highest BCUT2D eigenvalue weighted by molar-refractivity contribution is 7.17. The van der Waals surface area contributed by atoms with Gasteiger partial charge in [-0.2, -0.15) is 0 Å². The van der Waals surface area contributed by atoms with Crippen LogP contribution in [0.4, 0.5) is 11.5 Å². The first kappa shape index (κ1) is 17.6. The molecule has 29 heavy (non-hydrogen) atoms. The summed E-state index contributed by atoms with van der Waals surface area (Å²) >= 11 is 1.59. The van der Waals surface area contributed by atoms with Crippen molar-refractivity contribution in [2.45, 2.75) is 13.0 Å². The summed E-state index contributed by atoms with van der Waals surface area (Å²) in [6.07, 6.45) is -0.756. The van der Waals surface area contributed by atoms with Gasteiger partial charge in [0.2, 0.25) is 0 Å². The zero-order valence-corrected chi connectivity index (χ0v) is 16.5. The van der Waals surface area contributed by atoms with Crippen molar-refractivity contribution < 1.29 is 9.53 Å². The quantitative estimate of drug-likeness (QED) is 0.559. The Bertz CT molecular complexity index is 1220. The molecule has 1 aliphatic rings. The number of ether oxygens (including phenoxy) is 1. The molecule has 2 aromatic heterocycles. The van der Waals surface area contributed by atoms with Gasteiger partial charge in [0, 0.05) is 10.9 Å². The number of para-hydroxylation sites is 2. The summed E-state index contributed by atoms with van der Waals surface area (Å²) in [7, 11) is 0. The molecule has 144 valence electrons. The van der Waals surface area contributed by atoms with Crippen molar-refractivity contribution in [3.63, 3.8) is 0 Å². The number of carbonyl (C=O) groups excluding carboxylic acids is 1. The summed E-state index contributed by atoms with van der Waals surface area (Å²) in [5.41, 5.74) is 8.61. The third-order valence-corrected chi connectivity index (χ3v) is 5.83. The largest absolute Gasteiger partial charge is 0.477 e. The number of nitrogens with two attached hydrogens (primary N) is 1. The highest BCUT2D eigenvalue weighted by Crippen LogP contribution is 2.44. The lowest BCUT2D eigenvalue weighted by atomic mass is 10.1. The molecule has 4 aromatic rings. The fourth-order valence-electron chi connectivity index (χ4n) is 3.64. The van der Waals surface area contributed by atoms with Gasteiger partial charge < -0.3 is 15.4 Å². The number of hydrogen-bond acceptors (Lipinski definition) is 6. The van der Waals surface area contributed by atoms with Gasteiger partial charge in [-0.1, -0.05) is 42.5 Å². The molecular formula is C22H18N4O2S. The maximum Gasteiger partial charge on any atom is 0.260 e. The number of rotatable bonds is 3. The van der Waals surface area contributed by atoms with Gasteiger partial charge in [0.1, 0.15) is 22.2 Å². The molecule has 6 nitrogen and oxygen atoms in total. The maximum absolute atomic E-state index is 11.9. The Morgan fingerprint density at radius 2 is 1.90 bits per heavy atom. The van der Waals surface area contributed by atoms with Gasteiger partial charge in [-0.3, -0.25) is 4.79 Å². The molecule has 2 N–H and O–H groups in total. The number of carbonyl (C=O) groups is 1. The van der Waals surface area contributed by atoms with Crippen molar-refractivity contribution >= 4 is 39.0 Å². The number of hydrogen-bond donors (Lipinski definition) is 1. The third-order valence-electron chi connectivity index (χ3n) is 4.96.